The SMILES string of the molecule is O=C(CSc1nnc(CC(c2ccc(F)cc2)c2ccco2)o1)c1ccc(Cl)cc1. The molecule has 5 nitrogen and oxygen atoms in total. The van der Waals surface area contributed by atoms with Crippen LogP contribution in [0.15, 0.2) is 81.0 Å². The molecule has 0 radical (unpaired) electrons. The number of thioether (sulfide) groups is 1. The van der Waals surface area contributed by atoms with Crippen molar-refractivity contribution in [1.29, 1.82) is 0 Å². The maximum absolute atomic E-state index is 13.3. The molecule has 1 unspecified atom stereocenters. The minimum Gasteiger partial charge on any atom is -0.469 e. The Balaban J connectivity index is 1.43. The van der Waals surface area contributed by atoms with Crippen LogP contribution < -0.4 is 0 Å². The molecular formula is C22H16ClFN2O3S. The van der Waals surface area contributed by atoms with Gasteiger partial charge >= 0.3 is 0 Å². The van der Waals surface area contributed by atoms with Gasteiger partial charge in [-0.05, 0) is 54.1 Å². The maximum atomic E-state index is 13.3. The summed E-state index contributed by atoms with van der Waals surface area (Å²) in [6, 6.07) is 16.6. The Labute approximate surface area is 181 Å². The first-order valence-electron chi connectivity index (χ1n) is 9.11. The van der Waals surface area contributed by atoms with Crippen molar-refractivity contribution in [2.75, 3.05) is 5.75 Å². The van der Waals surface area contributed by atoms with Gasteiger partial charge in [-0.2, -0.15) is 0 Å². The molecule has 0 bridgehead atoms. The highest BCUT2D eigenvalue weighted by atomic mass is 35.5. The minimum atomic E-state index is -0.307. The summed E-state index contributed by atoms with van der Waals surface area (Å²) in [7, 11) is 0. The second kappa shape index (κ2) is 9.28. The van der Waals surface area contributed by atoms with Gasteiger partial charge in [-0.25, -0.2) is 4.39 Å². The first-order valence-corrected chi connectivity index (χ1v) is 10.5. The lowest BCUT2D eigenvalue weighted by Crippen LogP contribution is -2.04. The molecule has 8 heteroatoms. The molecule has 4 aromatic rings. The third kappa shape index (κ3) is 4.98. The molecule has 0 N–H and O–H groups in total. The number of hydrogen-bond acceptors (Lipinski definition) is 6. The molecule has 0 aliphatic carbocycles. The summed E-state index contributed by atoms with van der Waals surface area (Å²) < 4.78 is 24.6. The van der Waals surface area contributed by atoms with Crippen molar-refractivity contribution in [3.8, 4) is 0 Å². The van der Waals surface area contributed by atoms with Crippen LogP contribution >= 0.6 is 23.4 Å². The van der Waals surface area contributed by atoms with Crippen molar-refractivity contribution >= 4 is 29.1 Å². The zero-order valence-corrected chi connectivity index (χ0v) is 17.2. The molecule has 152 valence electrons. The Kier molecular flexibility index (Phi) is 6.30. The van der Waals surface area contributed by atoms with E-state index in [1.54, 1.807) is 48.7 Å². The smallest absolute Gasteiger partial charge is 0.277 e. The Hall–Kier alpha value is -2.90. The number of halogens is 2. The Morgan fingerprint density at radius 1 is 1.07 bits per heavy atom. The van der Waals surface area contributed by atoms with Crippen molar-refractivity contribution in [2.45, 2.75) is 17.6 Å². The number of aromatic nitrogens is 2. The molecule has 0 saturated carbocycles. The van der Waals surface area contributed by atoms with Gasteiger partial charge in [-0.1, -0.05) is 35.5 Å². The van der Waals surface area contributed by atoms with Crippen LogP contribution in [0.2, 0.25) is 5.02 Å². The van der Waals surface area contributed by atoms with Crippen molar-refractivity contribution in [2.24, 2.45) is 0 Å². The standard InChI is InChI=1S/C22H16ClFN2O3S/c23-16-7-3-15(4-8-16)19(27)13-30-22-26-25-21(29-22)12-18(20-2-1-11-28-20)14-5-9-17(24)10-6-14/h1-11,18H,12-13H2. The molecule has 2 aromatic heterocycles. The number of ketones is 1. The minimum absolute atomic E-state index is 0.0591. The molecule has 0 saturated heterocycles. The normalized spacial score (nSPS) is 12.1. The number of Topliss-reactive ketones (excluding diaryl/α,β-unsaturated/α-hetero) is 1. The number of nitrogens with zero attached hydrogens (tertiary/aromatic N) is 2. The Morgan fingerprint density at radius 3 is 2.53 bits per heavy atom. The van der Waals surface area contributed by atoms with Crippen LogP contribution in [0.5, 0.6) is 0 Å². The van der Waals surface area contributed by atoms with E-state index >= 15 is 0 Å². The van der Waals surface area contributed by atoms with Crippen LogP contribution in [-0.4, -0.2) is 21.7 Å². The first-order chi connectivity index (χ1) is 14.6. The molecule has 0 amide bonds. The van der Waals surface area contributed by atoms with Gasteiger partial charge in [0.1, 0.15) is 11.6 Å². The topological polar surface area (TPSA) is 69.1 Å². The van der Waals surface area contributed by atoms with E-state index in [4.69, 9.17) is 20.4 Å². The average Bonchev–Trinajstić information content (AvgIpc) is 3.44. The molecule has 0 spiro atoms. The van der Waals surface area contributed by atoms with Crippen LogP contribution in [0.1, 0.15) is 33.5 Å². The highest BCUT2D eigenvalue weighted by Crippen LogP contribution is 2.30. The summed E-state index contributed by atoms with van der Waals surface area (Å²) in [5.74, 6) is 0.724. The third-order valence-corrected chi connectivity index (χ3v) is 5.55. The summed E-state index contributed by atoms with van der Waals surface area (Å²) in [5.41, 5.74) is 1.44. The second-order valence-electron chi connectivity index (χ2n) is 6.50. The van der Waals surface area contributed by atoms with Crippen LogP contribution in [0.25, 0.3) is 0 Å². The Morgan fingerprint density at radius 2 is 1.83 bits per heavy atom. The zero-order valence-electron chi connectivity index (χ0n) is 15.6. The third-order valence-electron chi connectivity index (χ3n) is 4.48. The van der Waals surface area contributed by atoms with Gasteiger partial charge in [0, 0.05) is 17.0 Å². The van der Waals surface area contributed by atoms with Crippen molar-refractivity contribution < 1.29 is 18.0 Å². The van der Waals surface area contributed by atoms with Crippen molar-refractivity contribution in [3.05, 3.63) is 101 Å². The van der Waals surface area contributed by atoms with Crippen LogP contribution in [0.3, 0.4) is 0 Å². The van der Waals surface area contributed by atoms with Crippen LogP contribution in [0, 0.1) is 5.82 Å². The summed E-state index contributed by atoms with van der Waals surface area (Å²) in [6.45, 7) is 0. The lowest BCUT2D eigenvalue weighted by molar-refractivity contribution is 0.102. The van der Waals surface area contributed by atoms with E-state index in [9.17, 15) is 9.18 Å². The summed E-state index contributed by atoms with van der Waals surface area (Å²) in [5, 5.41) is 9.00. The van der Waals surface area contributed by atoms with Gasteiger partial charge < -0.3 is 8.83 Å². The fourth-order valence-corrected chi connectivity index (χ4v) is 3.77. The van der Waals surface area contributed by atoms with E-state index in [0.717, 1.165) is 5.56 Å². The zero-order chi connectivity index (χ0) is 20.9. The van der Waals surface area contributed by atoms with Crippen molar-refractivity contribution in [1.82, 2.24) is 10.2 Å². The second-order valence-corrected chi connectivity index (χ2v) is 7.87. The molecular weight excluding hydrogens is 427 g/mol. The van der Waals surface area contributed by atoms with Crippen molar-refractivity contribution in [3.63, 3.8) is 0 Å². The number of hydrogen-bond donors (Lipinski definition) is 0. The van der Waals surface area contributed by atoms with Gasteiger partial charge in [-0.15, -0.1) is 10.2 Å². The Bertz CT molecular complexity index is 1110. The molecule has 0 aliphatic rings. The molecule has 2 heterocycles. The van der Waals surface area contributed by atoms with Crippen LogP contribution in [-0.2, 0) is 6.42 Å². The molecule has 0 fully saturated rings. The fourth-order valence-electron chi connectivity index (χ4n) is 2.97. The highest BCUT2D eigenvalue weighted by molar-refractivity contribution is 7.99. The molecule has 2 aromatic carbocycles. The van der Waals surface area contributed by atoms with Gasteiger partial charge in [0.2, 0.25) is 5.89 Å². The number of furan rings is 1. The van der Waals surface area contributed by atoms with Gasteiger partial charge in [0.05, 0.1) is 17.9 Å². The van der Waals surface area contributed by atoms with Gasteiger partial charge in [0.15, 0.2) is 5.78 Å². The molecule has 0 aliphatic heterocycles. The van der Waals surface area contributed by atoms with E-state index < -0.39 is 0 Å². The number of carbonyl (C=O) groups is 1. The van der Waals surface area contributed by atoms with Crippen LogP contribution in [0.4, 0.5) is 4.39 Å². The number of carbonyl (C=O) groups excluding carboxylic acids is 1. The lowest BCUT2D eigenvalue weighted by atomic mass is 9.93. The number of rotatable bonds is 8. The fraction of sp³-hybridized carbons (Fsp3) is 0.136. The van der Waals surface area contributed by atoms with Gasteiger partial charge in [-0.3, -0.25) is 4.79 Å². The first kappa shape index (κ1) is 20.4. The lowest BCUT2D eigenvalue weighted by Gasteiger charge is -2.13. The molecule has 4 rings (SSSR count). The summed E-state index contributed by atoms with van der Waals surface area (Å²) >= 11 is 7.02. The quantitative estimate of drug-likeness (QED) is 0.253. The van der Waals surface area contributed by atoms with E-state index in [-0.39, 0.29) is 23.3 Å². The molecule has 30 heavy (non-hydrogen) atoms. The molecule has 1 atom stereocenters. The predicted octanol–water partition coefficient (Wildman–Crippen LogP) is 5.80. The summed E-state index contributed by atoms with van der Waals surface area (Å²) in [4.78, 5) is 12.3. The largest absolute Gasteiger partial charge is 0.469 e. The summed E-state index contributed by atoms with van der Waals surface area (Å²) in [6.07, 6.45) is 1.97. The van der Waals surface area contributed by atoms with E-state index in [1.165, 1.54) is 23.9 Å². The average molecular weight is 443 g/mol. The van der Waals surface area contributed by atoms with E-state index in [1.807, 2.05) is 6.07 Å². The maximum Gasteiger partial charge on any atom is 0.277 e. The monoisotopic (exact) mass is 442 g/mol. The van der Waals surface area contributed by atoms with E-state index in [2.05, 4.69) is 10.2 Å². The van der Waals surface area contributed by atoms with Gasteiger partial charge in [0.25, 0.3) is 5.22 Å². The van der Waals surface area contributed by atoms with E-state index in [0.29, 0.717) is 33.9 Å². The predicted molar refractivity (Wildman–Crippen MR) is 111 cm³/mol. The highest BCUT2D eigenvalue weighted by Gasteiger charge is 2.21. The number of benzene rings is 2.